The lowest BCUT2D eigenvalue weighted by atomic mass is 9.92. The molecule has 0 spiro atoms. The smallest absolute Gasteiger partial charge is 0.220 e. The molecule has 4 heteroatoms. The van der Waals surface area contributed by atoms with Gasteiger partial charge in [-0.25, -0.2) is 0 Å². The number of rotatable bonds is 2. The van der Waals surface area contributed by atoms with Gasteiger partial charge in [0.15, 0.2) is 0 Å². The van der Waals surface area contributed by atoms with Crippen molar-refractivity contribution in [2.75, 3.05) is 6.54 Å². The summed E-state index contributed by atoms with van der Waals surface area (Å²) in [6.45, 7) is 0.762. The third-order valence-electron chi connectivity index (χ3n) is 3.43. The van der Waals surface area contributed by atoms with Gasteiger partial charge in [-0.3, -0.25) is 4.79 Å². The normalized spacial score (nSPS) is 37.4. The standard InChI is InChI=1S/C11H20N2O2/c14-10-4-1-8(2-5-10)13-9-3-6-11(15)12-7-9/h8-10,13-14H,1-7H2,(H,12,15). The first-order valence-corrected chi connectivity index (χ1v) is 5.95. The lowest BCUT2D eigenvalue weighted by Gasteiger charge is -2.32. The molecule has 1 saturated heterocycles. The maximum absolute atomic E-state index is 11.0. The second-order valence-electron chi connectivity index (χ2n) is 4.71. The average Bonchev–Trinajstić information content (AvgIpc) is 2.25. The van der Waals surface area contributed by atoms with Crippen LogP contribution in [0.25, 0.3) is 0 Å². The fraction of sp³-hybridized carbons (Fsp3) is 0.909. The minimum Gasteiger partial charge on any atom is -0.393 e. The van der Waals surface area contributed by atoms with Gasteiger partial charge in [-0.2, -0.15) is 0 Å². The Kier molecular flexibility index (Phi) is 3.59. The molecule has 4 nitrogen and oxygen atoms in total. The van der Waals surface area contributed by atoms with Crippen molar-refractivity contribution in [3.05, 3.63) is 0 Å². The zero-order chi connectivity index (χ0) is 10.7. The van der Waals surface area contributed by atoms with Crippen LogP contribution in [0.2, 0.25) is 0 Å². The highest BCUT2D eigenvalue weighted by atomic mass is 16.3. The summed E-state index contributed by atoms with van der Waals surface area (Å²) in [5.41, 5.74) is 0. The van der Waals surface area contributed by atoms with Gasteiger partial charge >= 0.3 is 0 Å². The predicted molar refractivity (Wildman–Crippen MR) is 57.4 cm³/mol. The van der Waals surface area contributed by atoms with Crippen molar-refractivity contribution in [3.8, 4) is 0 Å². The molecular formula is C11H20N2O2. The van der Waals surface area contributed by atoms with E-state index in [0.717, 1.165) is 38.6 Å². The third-order valence-corrected chi connectivity index (χ3v) is 3.43. The van der Waals surface area contributed by atoms with Gasteiger partial charge in [-0.1, -0.05) is 0 Å². The molecule has 1 heterocycles. The molecule has 1 amide bonds. The van der Waals surface area contributed by atoms with Gasteiger partial charge in [0.2, 0.25) is 5.91 Å². The molecule has 15 heavy (non-hydrogen) atoms. The van der Waals surface area contributed by atoms with E-state index >= 15 is 0 Å². The van der Waals surface area contributed by atoms with E-state index in [2.05, 4.69) is 10.6 Å². The minimum absolute atomic E-state index is 0.0888. The SMILES string of the molecule is O=C1CCC(NC2CCC(O)CC2)CN1. The fourth-order valence-electron chi connectivity index (χ4n) is 2.45. The molecule has 0 radical (unpaired) electrons. The summed E-state index contributed by atoms with van der Waals surface area (Å²) >= 11 is 0. The molecule has 0 aromatic carbocycles. The van der Waals surface area contributed by atoms with Gasteiger partial charge in [-0.15, -0.1) is 0 Å². The Morgan fingerprint density at radius 2 is 1.87 bits per heavy atom. The lowest BCUT2D eigenvalue weighted by Crippen LogP contribution is -2.50. The predicted octanol–water partition coefficient (Wildman–Crippen LogP) is 0.158. The van der Waals surface area contributed by atoms with Crippen LogP contribution < -0.4 is 10.6 Å². The summed E-state index contributed by atoms with van der Waals surface area (Å²) in [5, 5.41) is 15.8. The van der Waals surface area contributed by atoms with Crippen molar-refractivity contribution in [1.82, 2.24) is 10.6 Å². The second kappa shape index (κ2) is 4.94. The average molecular weight is 212 g/mol. The summed E-state index contributed by atoms with van der Waals surface area (Å²) in [6.07, 6.45) is 5.46. The van der Waals surface area contributed by atoms with Crippen molar-refractivity contribution in [3.63, 3.8) is 0 Å². The molecule has 2 rings (SSSR count). The molecular weight excluding hydrogens is 192 g/mol. The van der Waals surface area contributed by atoms with E-state index in [1.54, 1.807) is 0 Å². The first kappa shape index (κ1) is 10.9. The Morgan fingerprint density at radius 3 is 2.47 bits per heavy atom. The van der Waals surface area contributed by atoms with Gasteiger partial charge < -0.3 is 15.7 Å². The van der Waals surface area contributed by atoms with Crippen LogP contribution >= 0.6 is 0 Å². The monoisotopic (exact) mass is 212 g/mol. The quantitative estimate of drug-likeness (QED) is 0.611. The molecule has 0 bridgehead atoms. The molecule has 1 aliphatic heterocycles. The van der Waals surface area contributed by atoms with Gasteiger partial charge in [-0.05, 0) is 32.1 Å². The van der Waals surface area contributed by atoms with E-state index in [1.165, 1.54) is 0 Å². The van der Waals surface area contributed by atoms with Crippen LogP contribution in [0.5, 0.6) is 0 Å². The third kappa shape index (κ3) is 3.18. The summed E-state index contributed by atoms with van der Waals surface area (Å²) < 4.78 is 0. The van der Waals surface area contributed by atoms with Crippen LogP contribution in [0, 0.1) is 0 Å². The highest BCUT2D eigenvalue weighted by Crippen LogP contribution is 2.19. The molecule has 0 aromatic heterocycles. The van der Waals surface area contributed by atoms with E-state index in [-0.39, 0.29) is 12.0 Å². The Labute approximate surface area is 90.4 Å². The molecule has 1 atom stereocenters. The molecule has 3 N–H and O–H groups in total. The van der Waals surface area contributed by atoms with Crippen LogP contribution in [0.1, 0.15) is 38.5 Å². The minimum atomic E-state index is -0.0888. The topological polar surface area (TPSA) is 61.4 Å². The molecule has 1 unspecified atom stereocenters. The lowest BCUT2D eigenvalue weighted by molar-refractivity contribution is -0.122. The molecule has 86 valence electrons. The molecule has 2 aliphatic rings. The van der Waals surface area contributed by atoms with E-state index in [4.69, 9.17) is 0 Å². The number of carbonyl (C=O) groups excluding carboxylic acids is 1. The number of aliphatic hydroxyl groups is 1. The van der Waals surface area contributed by atoms with E-state index < -0.39 is 0 Å². The van der Waals surface area contributed by atoms with Crippen LogP contribution in [0.4, 0.5) is 0 Å². The first-order valence-electron chi connectivity index (χ1n) is 5.95. The molecule has 2 fully saturated rings. The largest absolute Gasteiger partial charge is 0.393 e. The Bertz CT molecular complexity index is 215. The zero-order valence-corrected chi connectivity index (χ0v) is 9.04. The van der Waals surface area contributed by atoms with Crippen molar-refractivity contribution in [2.24, 2.45) is 0 Å². The van der Waals surface area contributed by atoms with Crippen LogP contribution in [-0.4, -0.2) is 35.7 Å². The van der Waals surface area contributed by atoms with Crippen molar-refractivity contribution < 1.29 is 9.90 Å². The summed E-state index contributed by atoms with van der Waals surface area (Å²) in [5.74, 6) is 0.173. The second-order valence-corrected chi connectivity index (χ2v) is 4.71. The summed E-state index contributed by atoms with van der Waals surface area (Å²) in [7, 11) is 0. The van der Waals surface area contributed by atoms with E-state index in [1.807, 2.05) is 0 Å². The van der Waals surface area contributed by atoms with Gasteiger partial charge in [0, 0.05) is 25.0 Å². The molecule has 0 aromatic rings. The number of piperidine rings is 1. The maximum Gasteiger partial charge on any atom is 0.220 e. The number of hydrogen-bond acceptors (Lipinski definition) is 3. The Hall–Kier alpha value is -0.610. The highest BCUT2D eigenvalue weighted by molar-refractivity contribution is 5.76. The van der Waals surface area contributed by atoms with Gasteiger partial charge in [0.25, 0.3) is 0 Å². The van der Waals surface area contributed by atoms with Crippen molar-refractivity contribution >= 4 is 5.91 Å². The number of nitrogens with one attached hydrogen (secondary N) is 2. The Morgan fingerprint density at radius 1 is 1.13 bits per heavy atom. The van der Waals surface area contributed by atoms with Crippen LogP contribution in [-0.2, 0) is 4.79 Å². The van der Waals surface area contributed by atoms with Gasteiger partial charge in [0.1, 0.15) is 0 Å². The number of aliphatic hydroxyl groups excluding tert-OH is 1. The van der Waals surface area contributed by atoms with Crippen molar-refractivity contribution in [1.29, 1.82) is 0 Å². The summed E-state index contributed by atoms with van der Waals surface area (Å²) in [4.78, 5) is 11.0. The van der Waals surface area contributed by atoms with Crippen LogP contribution in [0.15, 0.2) is 0 Å². The van der Waals surface area contributed by atoms with Gasteiger partial charge in [0.05, 0.1) is 6.10 Å². The van der Waals surface area contributed by atoms with E-state index in [0.29, 0.717) is 18.5 Å². The fourth-order valence-corrected chi connectivity index (χ4v) is 2.45. The number of amides is 1. The number of carbonyl (C=O) groups is 1. The first-order chi connectivity index (χ1) is 7.24. The molecule has 1 aliphatic carbocycles. The summed E-state index contributed by atoms with van der Waals surface area (Å²) in [6, 6.07) is 0.969. The molecule has 1 saturated carbocycles. The number of hydrogen-bond donors (Lipinski definition) is 3. The van der Waals surface area contributed by atoms with Crippen molar-refractivity contribution in [2.45, 2.75) is 56.7 Å². The highest BCUT2D eigenvalue weighted by Gasteiger charge is 2.24. The van der Waals surface area contributed by atoms with Crippen LogP contribution in [0.3, 0.4) is 0 Å². The Balaban J connectivity index is 1.70. The van der Waals surface area contributed by atoms with E-state index in [9.17, 15) is 9.90 Å². The maximum atomic E-state index is 11.0. The zero-order valence-electron chi connectivity index (χ0n) is 9.04.